The number of hydrogen-bond donors (Lipinski definition) is 1. The number of nitro benzene ring substituents is 1. The predicted octanol–water partition coefficient (Wildman–Crippen LogP) is 3.02. The van der Waals surface area contributed by atoms with Crippen LogP contribution in [0.1, 0.15) is 17.2 Å². The maximum absolute atomic E-state index is 10.7. The van der Waals surface area contributed by atoms with Gasteiger partial charge in [-0.15, -0.1) is 0 Å². The van der Waals surface area contributed by atoms with Crippen molar-refractivity contribution < 1.29 is 4.92 Å². The van der Waals surface area contributed by atoms with Gasteiger partial charge in [-0.3, -0.25) is 10.1 Å². The molecule has 0 spiro atoms. The van der Waals surface area contributed by atoms with Gasteiger partial charge in [0.2, 0.25) is 0 Å². The summed E-state index contributed by atoms with van der Waals surface area (Å²) >= 11 is 0. The van der Waals surface area contributed by atoms with Gasteiger partial charge in [0.1, 0.15) is 6.04 Å². The van der Waals surface area contributed by atoms with Crippen LogP contribution < -0.4 is 5.43 Å². The predicted molar refractivity (Wildman–Crippen MR) is 85.7 cm³/mol. The van der Waals surface area contributed by atoms with Crippen molar-refractivity contribution in [3.63, 3.8) is 0 Å². The average Bonchev–Trinajstić information content (AvgIpc) is 3.06. The summed E-state index contributed by atoms with van der Waals surface area (Å²) in [5, 5.41) is 22.0. The van der Waals surface area contributed by atoms with E-state index >= 15 is 0 Å². The van der Waals surface area contributed by atoms with Crippen LogP contribution in [0, 0.1) is 21.4 Å². The Morgan fingerprint density at radius 2 is 1.87 bits per heavy atom. The number of nitro groups is 1. The number of nitrogens with one attached hydrogen (secondary N) is 1. The van der Waals surface area contributed by atoms with Crippen LogP contribution in [0.5, 0.6) is 0 Å². The Morgan fingerprint density at radius 3 is 2.48 bits per heavy atom. The largest absolute Gasteiger partial charge is 0.317 e. The van der Waals surface area contributed by atoms with Gasteiger partial charge >= 0.3 is 0 Å². The third-order valence-corrected chi connectivity index (χ3v) is 3.69. The Balaban J connectivity index is 1.76. The highest BCUT2D eigenvalue weighted by Gasteiger charge is 2.24. The molecule has 1 atom stereocenters. The number of hydrogen-bond acceptors (Lipinski definition) is 5. The van der Waals surface area contributed by atoms with Gasteiger partial charge in [0.05, 0.1) is 16.7 Å². The first-order valence-corrected chi connectivity index (χ1v) is 7.12. The molecule has 0 aromatic heterocycles. The third-order valence-electron chi connectivity index (χ3n) is 3.69. The van der Waals surface area contributed by atoms with E-state index in [1.54, 1.807) is 12.1 Å². The second kappa shape index (κ2) is 6.30. The minimum atomic E-state index is -0.520. The summed E-state index contributed by atoms with van der Waals surface area (Å²) < 4.78 is 0. The highest BCUT2D eigenvalue weighted by atomic mass is 16.6. The molecule has 0 aliphatic carbocycles. The number of benzene rings is 2. The molecule has 23 heavy (non-hydrogen) atoms. The fourth-order valence-electron chi connectivity index (χ4n) is 2.51. The molecule has 0 amide bonds. The number of hydrazine groups is 1. The molecule has 0 bridgehead atoms. The number of nitriles is 1. The van der Waals surface area contributed by atoms with E-state index in [4.69, 9.17) is 0 Å². The molecule has 2 aromatic rings. The van der Waals surface area contributed by atoms with Crippen molar-refractivity contribution in [3.8, 4) is 6.07 Å². The van der Waals surface area contributed by atoms with Crippen LogP contribution in [0.2, 0.25) is 0 Å². The van der Waals surface area contributed by atoms with Crippen LogP contribution in [-0.4, -0.2) is 16.5 Å². The Morgan fingerprint density at radius 1 is 1.17 bits per heavy atom. The maximum Gasteiger partial charge on any atom is 0.269 e. The summed E-state index contributed by atoms with van der Waals surface area (Å²) in [4.78, 5) is 10.3. The molecular formula is C17H14N4O2. The Bertz CT molecular complexity index is 778. The Kier molecular flexibility index (Phi) is 4.04. The van der Waals surface area contributed by atoms with E-state index in [9.17, 15) is 15.4 Å². The first-order chi connectivity index (χ1) is 11.2. The molecule has 114 valence electrons. The minimum Gasteiger partial charge on any atom is -0.317 e. The number of nitrogens with zero attached hydrogens (tertiary/aromatic N) is 3. The van der Waals surface area contributed by atoms with Gasteiger partial charge in [-0.2, -0.15) is 10.3 Å². The summed E-state index contributed by atoms with van der Waals surface area (Å²) in [5.74, 6) is 0. The van der Waals surface area contributed by atoms with Gasteiger partial charge < -0.3 is 5.43 Å². The molecule has 1 aliphatic rings. The Labute approximate surface area is 133 Å². The van der Waals surface area contributed by atoms with Crippen molar-refractivity contribution >= 4 is 11.4 Å². The van der Waals surface area contributed by atoms with Crippen molar-refractivity contribution in [1.29, 1.82) is 5.26 Å². The second-order valence-corrected chi connectivity index (χ2v) is 5.13. The number of non-ortho nitro benzene ring substituents is 1. The highest BCUT2D eigenvalue weighted by Crippen LogP contribution is 2.26. The molecular weight excluding hydrogens is 292 g/mol. The SMILES string of the molecule is N#C[C@H](c1ccc([N+](=O)[O-])cc1)N1CC=C(c2ccccc2)N1. The lowest BCUT2D eigenvalue weighted by Crippen LogP contribution is -2.35. The van der Waals surface area contributed by atoms with Gasteiger partial charge in [-0.05, 0) is 29.3 Å². The molecule has 0 saturated carbocycles. The number of rotatable bonds is 4. The van der Waals surface area contributed by atoms with E-state index in [-0.39, 0.29) is 5.69 Å². The third kappa shape index (κ3) is 3.05. The van der Waals surface area contributed by atoms with Gasteiger partial charge in [0.15, 0.2) is 0 Å². The van der Waals surface area contributed by atoms with Crippen LogP contribution in [0.15, 0.2) is 60.7 Å². The summed E-state index contributed by atoms with van der Waals surface area (Å²) in [6.07, 6.45) is 2.02. The zero-order valence-corrected chi connectivity index (χ0v) is 12.2. The second-order valence-electron chi connectivity index (χ2n) is 5.13. The summed E-state index contributed by atoms with van der Waals surface area (Å²) in [7, 11) is 0. The average molecular weight is 306 g/mol. The topological polar surface area (TPSA) is 82.2 Å². The van der Waals surface area contributed by atoms with E-state index in [0.29, 0.717) is 12.1 Å². The lowest BCUT2D eigenvalue weighted by atomic mass is 10.1. The van der Waals surface area contributed by atoms with Gasteiger partial charge in [-0.25, -0.2) is 0 Å². The molecule has 0 saturated heterocycles. The van der Waals surface area contributed by atoms with Gasteiger partial charge in [0.25, 0.3) is 5.69 Å². The Hall–Kier alpha value is -3.17. The maximum atomic E-state index is 10.7. The first-order valence-electron chi connectivity index (χ1n) is 7.12. The molecule has 1 aliphatic heterocycles. The quantitative estimate of drug-likeness (QED) is 0.693. The van der Waals surface area contributed by atoms with E-state index in [1.165, 1.54) is 12.1 Å². The summed E-state index contributed by atoms with van der Waals surface area (Å²) in [6, 6.07) is 17.7. The van der Waals surface area contributed by atoms with Gasteiger partial charge in [-0.1, -0.05) is 30.3 Å². The van der Waals surface area contributed by atoms with E-state index in [1.807, 2.05) is 41.4 Å². The fraction of sp³-hybridized carbons (Fsp3) is 0.118. The van der Waals surface area contributed by atoms with E-state index in [0.717, 1.165) is 11.3 Å². The molecule has 3 rings (SSSR count). The van der Waals surface area contributed by atoms with Crippen molar-refractivity contribution in [2.75, 3.05) is 6.54 Å². The lowest BCUT2D eigenvalue weighted by molar-refractivity contribution is -0.384. The monoisotopic (exact) mass is 306 g/mol. The molecule has 0 fully saturated rings. The summed E-state index contributed by atoms with van der Waals surface area (Å²) in [6.45, 7) is 0.583. The van der Waals surface area contributed by atoms with Gasteiger partial charge in [0, 0.05) is 18.7 Å². The van der Waals surface area contributed by atoms with E-state index in [2.05, 4.69) is 11.5 Å². The zero-order valence-electron chi connectivity index (χ0n) is 12.2. The van der Waals surface area contributed by atoms with Crippen LogP contribution in [0.4, 0.5) is 5.69 Å². The molecule has 1 heterocycles. The van der Waals surface area contributed by atoms with Crippen LogP contribution in [0.25, 0.3) is 5.70 Å². The van der Waals surface area contributed by atoms with Crippen molar-refractivity contribution in [1.82, 2.24) is 10.4 Å². The minimum absolute atomic E-state index is 0.0166. The smallest absolute Gasteiger partial charge is 0.269 e. The van der Waals surface area contributed by atoms with Crippen LogP contribution >= 0.6 is 0 Å². The normalized spacial score (nSPS) is 15.3. The lowest BCUT2D eigenvalue weighted by Gasteiger charge is -2.23. The van der Waals surface area contributed by atoms with Crippen molar-refractivity contribution in [2.45, 2.75) is 6.04 Å². The van der Waals surface area contributed by atoms with Crippen molar-refractivity contribution in [3.05, 3.63) is 81.9 Å². The highest BCUT2D eigenvalue weighted by molar-refractivity contribution is 5.65. The van der Waals surface area contributed by atoms with E-state index < -0.39 is 11.0 Å². The van der Waals surface area contributed by atoms with Crippen molar-refractivity contribution in [2.24, 2.45) is 0 Å². The molecule has 6 nitrogen and oxygen atoms in total. The molecule has 6 heteroatoms. The summed E-state index contributed by atoms with van der Waals surface area (Å²) in [5.41, 5.74) is 5.97. The standard InChI is InChI=1S/C17H14N4O2/c18-12-17(14-6-8-15(9-7-14)21(22)23)20-11-10-16(19-20)13-4-2-1-3-5-13/h1-10,17,19H,11H2/t17-/m1/s1. The molecule has 2 aromatic carbocycles. The van der Waals surface area contributed by atoms with Crippen LogP contribution in [-0.2, 0) is 0 Å². The molecule has 0 radical (unpaired) electrons. The first kappa shape index (κ1) is 14.8. The zero-order chi connectivity index (χ0) is 16.2. The fourth-order valence-corrected chi connectivity index (χ4v) is 2.51. The molecule has 0 unspecified atom stereocenters. The molecule has 1 N–H and O–H groups in total. The van der Waals surface area contributed by atoms with Crippen LogP contribution in [0.3, 0.4) is 0 Å².